The lowest BCUT2D eigenvalue weighted by atomic mass is 10.2. The Morgan fingerprint density at radius 1 is 1.15 bits per heavy atom. The zero-order valence-electron chi connectivity index (χ0n) is 14.2. The van der Waals surface area contributed by atoms with Crippen molar-refractivity contribution in [1.29, 1.82) is 0 Å². The quantitative estimate of drug-likeness (QED) is 0.705. The molecule has 0 aliphatic carbocycles. The number of aryl methyl sites for hydroxylation is 1. The molecule has 0 aliphatic rings. The van der Waals surface area contributed by atoms with Gasteiger partial charge >= 0.3 is 0 Å². The fourth-order valence-corrected chi connectivity index (χ4v) is 2.22. The van der Waals surface area contributed by atoms with Gasteiger partial charge in [-0.15, -0.1) is 0 Å². The number of nitrogens with one attached hydrogen (secondary N) is 1. The molecule has 0 saturated heterocycles. The van der Waals surface area contributed by atoms with Crippen molar-refractivity contribution in [2.75, 3.05) is 13.2 Å². The van der Waals surface area contributed by atoms with Gasteiger partial charge in [-0.25, -0.2) is 4.39 Å². The second-order valence-corrected chi connectivity index (χ2v) is 5.72. The first-order chi connectivity index (χ1) is 12.6. The summed E-state index contributed by atoms with van der Waals surface area (Å²) in [5.74, 6) is 0.863. The van der Waals surface area contributed by atoms with Crippen molar-refractivity contribution >= 4 is 5.91 Å². The maximum Gasteiger partial charge on any atom is 0.257 e. The number of nitrogens with zero attached hydrogens (tertiary/aromatic N) is 2. The van der Waals surface area contributed by atoms with Gasteiger partial charge in [0.15, 0.2) is 6.61 Å². The van der Waals surface area contributed by atoms with Crippen LogP contribution in [0.25, 0.3) is 11.4 Å². The van der Waals surface area contributed by atoms with Crippen LogP contribution in [0.5, 0.6) is 5.75 Å². The van der Waals surface area contributed by atoms with Crippen LogP contribution in [0, 0.1) is 12.7 Å². The van der Waals surface area contributed by atoms with Crippen molar-refractivity contribution in [3.63, 3.8) is 0 Å². The van der Waals surface area contributed by atoms with Crippen molar-refractivity contribution in [2.45, 2.75) is 13.3 Å². The number of rotatable bonds is 7. The maximum absolute atomic E-state index is 12.9. The number of hydrogen-bond donors (Lipinski definition) is 1. The Kier molecular flexibility index (Phi) is 5.58. The minimum atomic E-state index is -0.326. The van der Waals surface area contributed by atoms with Gasteiger partial charge in [-0.2, -0.15) is 4.98 Å². The Hall–Kier alpha value is -3.22. The molecule has 0 saturated carbocycles. The fourth-order valence-electron chi connectivity index (χ4n) is 2.22. The van der Waals surface area contributed by atoms with Gasteiger partial charge in [0.2, 0.25) is 11.7 Å². The van der Waals surface area contributed by atoms with Gasteiger partial charge < -0.3 is 14.6 Å². The van der Waals surface area contributed by atoms with E-state index in [4.69, 9.17) is 9.26 Å². The first-order valence-electron chi connectivity index (χ1n) is 8.15. The van der Waals surface area contributed by atoms with Crippen molar-refractivity contribution in [1.82, 2.24) is 15.5 Å². The molecular weight excluding hydrogens is 337 g/mol. The van der Waals surface area contributed by atoms with Gasteiger partial charge in [-0.1, -0.05) is 22.9 Å². The number of carbonyl (C=O) groups excluding carboxylic acids is 1. The topological polar surface area (TPSA) is 77.2 Å². The summed E-state index contributed by atoms with van der Waals surface area (Å²) in [5.41, 5.74) is 1.79. The average Bonchev–Trinajstić information content (AvgIpc) is 3.11. The summed E-state index contributed by atoms with van der Waals surface area (Å²) in [6.45, 7) is 2.27. The predicted molar refractivity (Wildman–Crippen MR) is 93.1 cm³/mol. The van der Waals surface area contributed by atoms with Gasteiger partial charge in [0.1, 0.15) is 11.6 Å². The normalized spacial score (nSPS) is 10.5. The van der Waals surface area contributed by atoms with Crippen LogP contribution < -0.4 is 10.1 Å². The predicted octanol–water partition coefficient (Wildman–Crippen LogP) is 2.92. The smallest absolute Gasteiger partial charge is 0.257 e. The minimum absolute atomic E-state index is 0.0618. The van der Waals surface area contributed by atoms with Gasteiger partial charge in [-0.3, -0.25) is 4.79 Å². The molecule has 0 aliphatic heterocycles. The molecule has 1 heterocycles. The highest BCUT2D eigenvalue weighted by Crippen LogP contribution is 2.16. The van der Waals surface area contributed by atoms with E-state index in [0.29, 0.717) is 36.0 Å². The second kappa shape index (κ2) is 8.24. The number of benzene rings is 2. The molecule has 1 N–H and O–H groups in total. The molecule has 0 bridgehead atoms. The molecule has 0 fully saturated rings. The molecule has 1 amide bonds. The lowest BCUT2D eigenvalue weighted by Gasteiger charge is -2.06. The van der Waals surface area contributed by atoms with Gasteiger partial charge in [0, 0.05) is 18.5 Å². The summed E-state index contributed by atoms with van der Waals surface area (Å²) in [6, 6.07) is 13.3. The summed E-state index contributed by atoms with van der Waals surface area (Å²) >= 11 is 0. The molecule has 0 spiro atoms. The van der Waals surface area contributed by atoms with Crippen molar-refractivity contribution in [3.8, 4) is 17.1 Å². The van der Waals surface area contributed by atoms with Crippen LogP contribution in [0.4, 0.5) is 4.39 Å². The molecule has 3 aromatic rings. The lowest BCUT2D eigenvalue weighted by molar-refractivity contribution is -0.123. The fraction of sp³-hybridized carbons (Fsp3) is 0.211. The summed E-state index contributed by atoms with van der Waals surface area (Å²) in [5, 5.41) is 6.58. The first-order valence-corrected chi connectivity index (χ1v) is 8.15. The van der Waals surface area contributed by atoms with Crippen molar-refractivity contribution < 1.29 is 18.4 Å². The van der Waals surface area contributed by atoms with Crippen LogP contribution in [-0.2, 0) is 11.2 Å². The van der Waals surface area contributed by atoms with E-state index < -0.39 is 0 Å². The number of halogens is 1. The molecule has 26 heavy (non-hydrogen) atoms. The summed E-state index contributed by atoms with van der Waals surface area (Å²) < 4.78 is 23.5. The Balaban J connectivity index is 1.42. The van der Waals surface area contributed by atoms with E-state index in [1.54, 1.807) is 12.1 Å². The molecular formula is C19H18FN3O3. The zero-order chi connectivity index (χ0) is 18.4. The van der Waals surface area contributed by atoms with E-state index in [0.717, 1.165) is 5.56 Å². The maximum atomic E-state index is 12.9. The first kappa shape index (κ1) is 17.6. The molecule has 2 aromatic carbocycles. The van der Waals surface area contributed by atoms with E-state index in [2.05, 4.69) is 15.5 Å². The van der Waals surface area contributed by atoms with E-state index in [-0.39, 0.29) is 18.3 Å². The molecule has 0 radical (unpaired) electrons. The Morgan fingerprint density at radius 2 is 1.88 bits per heavy atom. The molecule has 0 unspecified atom stereocenters. The molecule has 1 aromatic heterocycles. The van der Waals surface area contributed by atoms with E-state index in [1.807, 2.05) is 31.2 Å². The van der Waals surface area contributed by atoms with Gasteiger partial charge in [0.05, 0.1) is 0 Å². The van der Waals surface area contributed by atoms with Crippen molar-refractivity contribution in [3.05, 3.63) is 65.8 Å². The van der Waals surface area contributed by atoms with Gasteiger partial charge in [-0.05, 0) is 43.3 Å². The van der Waals surface area contributed by atoms with Gasteiger partial charge in [0.25, 0.3) is 5.91 Å². The number of amides is 1. The molecule has 3 rings (SSSR count). The highest BCUT2D eigenvalue weighted by atomic mass is 19.1. The Labute approximate surface area is 150 Å². The number of hydrogen-bond acceptors (Lipinski definition) is 5. The zero-order valence-corrected chi connectivity index (χ0v) is 14.2. The third-order valence-electron chi connectivity index (χ3n) is 3.62. The number of aromatic nitrogens is 2. The van der Waals surface area contributed by atoms with E-state index in [1.165, 1.54) is 12.1 Å². The Bertz CT molecular complexity index is 860. The number of carbonyl (C=O) groups is 1. The Morgan fingerprint density at radius 3 is 2.62 bits per heavy atom. The van der Waals surface area contributed by atoms with Crippen LogP contribution in [0.1, 0.15) is 11.5 Å². The van der Waals surface area contributed by atoms with Crippen LogP contribution in [0.2, 0.25) is 0 Å². The highest BCUT2D eigenvalue weighted by Gasteiger charge is 2.09. The highest BCUT2D eigenvalue weighted by molar-refractivity contribution is 5.77. The largest absolute Gasteiger partial charge is 0.484 e. The standard InChI is InChI=1S/C19H18FN3O3/c1-13-2-8-16(9-3-13)25-12-17(24)21-11-10-18-22-19(23-26-18)14-4-6-15(20)7-5-14/h2-9H,10-12H2,1H3,(H,21,24). The van der Waals surface area contributed by atoms with E-state index in [9.17, 15) is 9.18 Å². The molecule has 0 atom stereocenters. The molecule has 134 valence electrons. The SMILES string of the molecule is Cc1ccc(OCC(=O)NCCc2nc(-c3ccc(F)cc3)no2)cc1. The van der Waals surface area contributed by atoms with Crippen LogP contribution >= 0.6 is 0 Å². The lowest BCUT2D eigenvalue weighted by Crippen LogP contribution is -2.30. The van der Waals surface area contributed by atoms with E-state index >= 15 is 0 Å². The third-order valence-corrected chi connectivity index (χ3v) is 3.62. The van der Waals surface area contributed by atoms with Crippen LogP contribution in [0.3, 0.4) is 0 Å². The average molecular weight is 355 g/mol. The molecule has 7 heteroatoms. The minimum Gasteiger partial charge on any atom is -0.484 e. The third kappa shape index (κ3) is 4.89. The molecule has 6 nitrogen and oxygen atoms in total. The second-order valence-electron chi connectivity index (χ2n) is 5.72. The number of ether oxygens (including phenoxy) is 1. The van der Waals surface area contributed by atoms with Crippen molar-refractivity contribution in [2.24, 2.45) is 0 Å². The summed E-state index contributed by atoms with van der Waals surface area (Å²) in [7, 11) is 0. The summed E-state index contributed by atoms with van der Waals surface area (Å²) in [6.07, 6.45) is 0.393. The summed E-state index contributed by atoms with van der Waals surface area (Å²) in [4.78, 5) is 16.0. The van der Waals surface area contributed by atoms with Crippen LogP contribution in [-0.4, -0.2) is 29.2 Å². The van der Waals surface area contributed by atoms with Crippen LogP contribution in [0.15, 0.2) is 53.1 Å². The monoisotopic (exact) mass is 355 g/mol.